The number of halogens is 1. The number of nitriles is 1. The fourth-order valence-corrected chi connectivity index (χ4v) is 2.62. The minimum Gasteiger partial charge on any atom is -0.371 e. The first kappa shape index (κ1) is 15.8. The molecule has 0 aliphatic rings. The predicted molar refractivity (Wildman–Crippen MR) is 90.8 cm³/mol. The minimum atomic E-state index is -0.409. The van der Waals surface area contributed by atoms with Gasteiger partial charge < -0.3 is 9.88 Å². The smallest absolute Gasteiger partial charge is 0.135 e. The zero-order valence-electron chi connectivity index (χ0n) is 13.3. The molecule has 1 unspecified atom stereocenters. The zero-order valence-corrected chi connectivity index (χ0v) is 13.3. The SMILES string of the molecule is Cn1ccnc1C(Nc1ccc(CC#N)cc1)c1ccccc1F. The molecule has 5 heteroatoms. The number of rotatable bonds is 5. The Kier molecular flexibility index (Phi) is 4.57. The lowest BCUT2D eigenvalue weighted by Gasteiger charge is -2.21. The standard InChI is InChI=1S/C19H17FN4/c1-24-13-12-22-19(24)18(16-4-2-3-5-17(16)20)23-15-8-6-14(7-9-15)10-11-21/h2-9,12-13,18,23H,10H2,1H3. The van der Waals surface area contributed by atoms with Crippen LogP contribution in [0.3, 0.4) is 0 Å². The van der Waals surface area contributed by atoms with Gasteiger partial charge in [-0.3, -0.25) is 0 Å². The van der Waals surface area contributed by atoms with Crippen LogP contribution in [0.5, 0.6) is 0 Å². The molecule has 0 amide bonds. The molecule has 0 saturated heterocycles. The molecule has 1 aromatic heterocycles. The van der Waals surface area contributed by atoms with Gasteiger partial charge in [0.05, 0.1) is 12.5 Å². The average molecular weight is 320 g/mol. The van der Waals surface area contributed by atoms with E-state index in [4.69, 9.17) is 5.26 Å². The van der Waals surface area contributed by atoms with Gasteiger partial charge >= 0.3 is 0 Å². The molecule has 0 saturated carbocycles. The number of hydrogen-bond acceptors (Lipinski definition) is 3. The second-order valence-electron chi connectivity index (χ2n) is 5.53. The van der Waals surface area contributed by atoms with E-state index in [0.717, 1.165) is 17.1 Å². The number of imidazole rings is 1. The number of aryl methyl sites for hydroxylation is 1. The first-order valence-corrected chi connectivity index (χ1v) is 7.63. The van der Waals surface area contributed by atoms with Gasteiger partial charge in [0.15, 0.2) is 0 Å². The highest BCUT2D eigenvalue weighted by molar-refractivity contribution is 5.49. The van der Waals surface area contributed by atoms with Gasteiger partial charge in [0.1, 0.15) is 17.7 Å². The summed E-state index contributed by atoms with van der Waals surface area (Å²) in [5.41, 5.74) is 2.32. The molecule has 0 fully saturated rings. The highest BCUT2D eigenvalue weighted by Crippen LogP contribution is 2.27. The van der Waals surface area contributed by atoms with E-state index < -0.39 is 6.04 Å². The Morgan fingerprint density at radius 1 is 1.21 bits per heavy atom. The summed E-state index contributed by atoms with van der Waals surface area (Å²) < 4.78 is 16.2. The van der Waals surface area contributed by atoms with Crippen LogP contribution in [0.2, 0.25) is 0 Å². The number of hydrogen-bond donors (Lipinski definition) is 1. The van der Waals surface area contributed by atoms with E-state index in [0.29, 0.717) is 12.0 Å². The van der Waals surface area contributed by atoms with Gasteiger partial charge in [-0.15, -0.1) is 0 Å². The Balaban J connectivity index is 1.95. The Bertz CT molecular complexity index is 862. The monoisotopic (exact) mass is 320 g/mol. The maximum atomic E-state index is 14.3. The van der Waals surface area contributed by atoms with Crippen molar-refractivity contribution in [2.45, 2.75) is 12.5 Å². The van der Waals surface area contributed by atoms with Crippen LogP contribution in [-0.4, -0.2) is 9.55 Å². The number of benzene rings is 2. The predicted octanol–water partition coefficient (Wildman–Crippen LogP) is 3.83. The third-order valence-electron chi connectivity index (χ3n) is 3.88. The Hall–Kier alpha value is -3.13. The Morgan fingerprint density at radius 3 is 2.58 bits per heavy atom. The number of anilines is 1. The van der Waals surface area contributed by atoms with Crippen molar-refractivity contribution in [3.05, 3.63) is 83.7 Å². The van der Waals surface area contributed by atoms with E-state index in [1.54, 1.807) is 18.3 Å². The molecule has 1 N–H and O–H groups in total. The van der Waals surface area contributed by atoms with Crippen LogP contribution in [0.25, 0.3) is 0 Å². The summed E-state index contributed by atoms with van der Waals surface area (Å²) in [6.07, 6.45) is 3.90. The number of nitrogens with one attached hydrogen (secondary N) is 1. The normalized spacial score (nSPS) is 11.7. The lowest BCUT2D eigenvalue weighted by Crippen LogP contribution is -2.18. The van der Waals surface area contributed by atoms with E-state index in [1.807, 2.05) is 48.1 Å². The minimum absolute atomic E-state index is 0.279. The molecular weight excluding hydrogens is 303 g/mol. The maximum absolute atomic E-state index is 14.3. The van der Waals surface area contributed by atoms with Gasteiger partial charge in [-0.2, -0.15) is 5.26 Å². The van der Waals surface area contributed by atoms with Crippen molar-refractivity contribution in [3.63, 3.8) is 0 Å². The van der Waals surface area contributed by atoms with Crippen LogP contribution in [0.1, 0.15) is 23.0 Å². The van der Waals surface area contributed by atoms with Crippen LogP contribution in [-0.2, 0) is 13.5 Å². The molecule has 1 heterocycles. The molecule has 24 heavy (non-hydrogen) atoms. The van der Waals surface area contributed by atoms with E-state index in [-0.39, 0.29) is 5.82 Å². The molecule has 1 atom stereocenters. The van der Waals surface area contributed by atoms with Gasteiger partial charge in [0, 0.05) is 30.7 Å². The van der Waals surface area contributed by atoms with Crippen LogP contribution >= 0.6 is 0 Å². The summed E-state index contributed by atoms with van der Waals surface area (Å²) in [7, 11) is 1.88. The van der Waals surface area contributed by atoms with E-state index >= 15 is 0 Å². The average Bonchev–Trinajstić information content (AvgIpc) is 3.01. The summed E-state index contributed by atoms with van der Waals surface area (Å²) in [6, 6.07) is 16.0. The Labute approximate surface area is 140 Å². The molecule has 3 aromatic rings. The third kappa shape index (κ3) is 3.28. The molecule has 3 rings (SSSR count). The maximum Gasteiger partial charge on any atom is 0.135 e. The quantitative estimate of drug-likeness (QED) is 0.777. The van der Waals surface area contributed by atoms with E-state index in [2.05, 4.69) is 16.4 Å². The highest BCUT2D eigenvalue weighted by Gasteiger charge is 2.21. The van der Waals surface area contributed by atoms with Gasteiger partial charge in [0.2, 0.25) is 0 Å². The van der Waals surface area contributed by atoms with Crippen molar-refractivity contribution in [2.75, 3.05) is 5.32 Å². The van der Waals surface area contributed by atoms with Crippen LogP contribution in [0.15, 0.2) is 60.9 Å². The summed E-state index contributed by atoms with van der Waals surface area (Å²) >= 11 is 0. The first-order chi connectivity index (χ1) is 11.7. The lowest BCUT2D eigenvalue weighted by atomic mass is 10.0. The van der Waals surface area contributed by atoms with Gasteiger partial charge in [-0.05, 0) is 23.8 Å². The second kappa shape index (κ2) is 6.97. The summed E-state index contributed by atoms with van der Waals surface area (Å²) in [5, 5.41) is 12.1. The van der Waals surface area contributed by atoms with Crippen molar-refractivity contribution in [1.82, 2.24) is 9.55 Å². The zero-order chi connectivity index (χ0) is 16.9. The number of nitrogens with zero attached hydrogens (tertiary/aromatic N) is 3. The van der Waals surface area contributed by atoms with Crippen molar-refractivity contribution in [3.8, 4) is 6.07 Å². The van der Waals surface area contributed by atoms with Crippen LogP contribution in [0, 0.1) is 17.1 Å². The molecule has 0 radical (unpaired) electrons. The molecule has 2 aromatic carbocycles. The molecule has 0 spiro atoms. The van der Waals surface area contributed by atoms with Crippen LogP contribution < -0.4 is 5.32 Å². The molecule has 120 valence electrons. The second-order valence-corrected chi connectivity index (χ2v) is 5.53. The largest absolute Gasteiger partial charge is 0.371 e. The van der Waals surface area contributed by atoms with Crippen molar-refractivity contribution in [2.24, 2.45) is 7.05 Å². The van der Waals surface area contributed by atoms with Crippen LogP contribution in [0.4, 0.5) is 10.1 Å². The molecular formula is C19H17FN4. The van der Waals surface area contributed by atoms with Crippen molar-refractivity contribution in [1.29, 1.82) is 5.26 Å². The summed E-state index contributed by atoms with van der Waals surface area (Å²) in [5.74, 6) is 0.445. The third-order valence-corrected chi connectivity index (χ3v) is 3.88. The lowest BCUT2D eigenvalue weighted by molar-refractivity contribution is 0.596. The molecule has 4 nitrogen and oxygen atoms in total. The highest BCUT2D eigenvalue weighted by atomic mass is 19.1. The molecule has 0 aliphatic carbocycles. The molecule has 0 bridgehead atoms. The van der Waals surface area contributed by atoms with E-state index in [1.165, 1.54) is 6.07 Å². The first-order valence-electron chi connectivity index (χ1n) is 7.63. The van der Waals surface area contributed by atoms with Gasteiger partial charge in [0.25, 0.3) is 0 Å². The Morgan fingerprint density at radius 2 is 1.96 bits per heavy atom. The number of aromatic nitrogens is 2. The van der Waals surface area contributed by atoms with Crippen molar-refractivity contribution >= 4 is 5.69 Å². The summed E-state index contributed by atoms with van der Waals surface area (Å²) in [6.45, 7) is 0. The van der Waals surface area contributed by atoms with E-state index in [9.17, 15) is 4.39 Å². The van der Waals surface area contributed by atoms with Gasteiger partial charge in [-0.1, -0.05) is 30.3 Å². The topological polar surface area (TPSA) is 53.6 Å². The van der Waals surface area contributed by atoms with Gasteiger partial charge in [-0.25, -0.2) is 9.37 Å². The fourth-order valence-electron chi connectivity index (χ4n) is 2.62. The fraction of sp³-hybridized carbons (Fsp3) is 0.158. The molecule has 0 aliphatic heterocycles. The summed E-state index contributed by atoms with van der Waals surface area (Å²) in [4.78, 5) is 4.37. The van der Waals surface area contributed by atoms with Crippen molar-refractivity contribution < 1.29 is 4.39 Å².